The van der Waals surface area contributed by atoms with Crippen LogP contribution in [0.1, 0.15) is 0 Å². The second-order valence-corrected chi connectivity index (χ2v) is 14.7. The summed E-state index contributed by atoms with van der Waals surface area (Å²) in [5, 5.41) is 13.6. The largest absolute Gasteiger partial charge is 0.292 e. The number of aromatic nitrogens is 2. The molecule has 2 heterocycles. The first-order valence-corrected chi connectivity index (χ1v) is 19.0. The lowest BCUT2D eigenvalue weighted by Crippen LogP contribution is -1.92. The Labute approximate surface area is 317 Å². The maximum Gasteiger partial charge on any atom is 0.146 e. The molecule has 0 amide bonds. The summed E-state index contributed by atoms with van der Waals surface area (Å²) in [6, 6.07) is 71.2. The Hall–Kier alpha value is -7.29. The minimum absolute atomic E-state index is 0.998. The van der Waals surface area contributed by atoms with Crippen LogP contribution in [0, 0.1) is 0 Å². The van der Waals surface area contributed by atoms with Gasteiger partial charge in [-0.3, -0.25) is 4.40 Å². The van der Waals surface area contributed by atoms with Crippen LogP contribution >= 0.6 is 0 Å². The molecule has 0 fully saturated rings. The van der Waals surface area contributed by atoms with Gasteiger partial charge in [-0.25, -0.2) is 4.98 Å². The summed E-state index contributed by atoms with van der Waals surface area (Å²) in [7, 11) is 0. The van der Waals surface area contributed by atoms with E-state index in [-0.39, 0.29) is 0 Å². The van der Waals surface area contributed by atoms with Gasteiger partial charge in [-0.05, 0) is 136 Å². The van der Waals surface area contributed by atoms with Crippen molar-refractivity contribution in [2.75, 3.05) is 0 Å². The molecular formula is C53H32N2. The Kier molecular flexibility index (Phi) is 6.37. The van der Waals surface area contributed by atoms with Crippen molar-refractivity contribution in [1.29, 1.82) is 0 Å². The summed E-state index contributed by atoms with van der Waals surface area (Å²) in [6.45, 7) is 0. The van der Waals surface area contributed by atoms with E-state index >= 15 is 0 Å². The monoisotopic (exact) mass is 696 g/mol. The van der Waals surface area contributed by atoms with Crippen LogP contribution in [0.15, 0.2) is 194 Å². The number of imidazole rings is 1. The number of para-hydroxylation sites is 3. The Morgan fingerprint density at radius 3 is 1.58 bits per heavy atom. The summed E-state index contributed by atoms with van der Waals surface area (Å²) in [6.07, 6.45) is 0. The zero-order chi connectivity index (χ0) is 36.0. The molecule has 0 saturated heterocycles. The third-order valence-electron chi connectivity index (χ3n) is 11.7. The first-order chi connectivity index (χ1) is 27.3. The van der Waals surface area contributed by atoms with Crippen LogP contribution in [0.5, 0.6) is 0 Å². The molecular weight excluding hydrogens is 665 g/mol. The molecule has 12 rings (SSSR count). The summed E-state index contributed by atoms with van der Waals surface area (Å²) in [5.74, 6) is 0. The smallest absolute Gasteiger partial charge is 0.146 e. The molecule has 0 N–H and O–H groups in total. The predicted octanol–water partition coefficient (Wildman–Crippen LogP) is 14.4. The second-order valence-electron chi connectivity index (χ2n) is 14.7. The topological polar surface area (TPSA) is 17.3 Å². The van der Waals surface area contributed by atoms with Gasteiger partial charge in [-0.15, -0.1) is 0 Å². The molecule has 0 spiro atoms. The van der Waals surface area contributed by atoms with Crippen molar-refractivity contribution in [2.24, 2.45) is 0 Å². The third kappa shape index (κ3) is 4.52. The highest BCUT2D eigenvalue weighted by Crippen LogP contribution is 2.44. The van der Waals surface area contributed by atoms with Gasteiger partial charge in [-0.1, -0.05) is 140 Å². The van der Waals surface area contributed by atoms with Crippen molar-refractivity contribution >= 4 is 81.4 Å². The fourth-order valence-electron chi connectivity index (χ4n) is 9.17. The van der Waals surface area contributed by atoms with Crippen LogP contribution in [0.3, 0.4) is 0 Å². The van der Waals surface area contributed by atoms with Crippen LogP contribution in [0.2, 0.25) is 0 Å². The summed E-state index contributed by atoms with van der Waals surface area (Å²) in [4.78, 5) is 5.11. The van der Waals surface area contributed by atoms with Crippen LogP contribution in [0.4, 0.5) is 0 Å². The first kappa shape index (κ1) is 30.2. The normalized spacial score (nSPS) is 12.0. The molecule has 0 aliphatic heterocycles. The Balaban J connectivity index is 1.04. The fourth-order valence-corrected chi connectivity index (χ4v) is 9.17. The fraction of sp³-hybridized carbons (Fsp3) is 0. The number of hydrogen-bond donors (Lipinski definition) is 0. The quantitative estimate of drug-likeness (QED) is 0.133. The molecule has 0 aliphatic rings. The maximum atomic E-state index is 5.11. The predicted molar refractivity (Wildman–Crippen MR) is 234 cm³/mol. The highest BCUT2D eigenvalue weighted by Gasteiger charge is 2.18. The highest BCUT2D eigenvalue weighted by molar-refractivity contribution is 6.22. The molecule has 0 unspecified atom stereocenters. The molecule has 55 heavy (non-hydrogen) atoms. The molecule has 2 nitrogen and oxygen atoms in total. The molecule has 10 aromatic carbocycles. The number of hydrogen-bond acceptors (Lipinski definition) is 1. The summed E-state index contributed by atoms with van der Waals surface area (Å²) >= 11 is 0. The lowest BCUT2D eigenvalue weighted by Gasteiger charge is -2.18. The zero-order valence-electron chi connectivity index (χ0n) is 29.9. The van der Waals surface area contributed by atoms with Gasteiger partial charge in [0, 0.05) is 10.8 Å². The van der Waals surface area contributed by atoms with E-state index in [1.165, 1.54) is 92.8 Å². The summed E-state index contributed by atoms with van der Waals surface area (Å²) < 4.78 is 2.31. The average molecular weight is 697 g/mol. The molecule has 0 aliphatic carbocycles. The van der Waals surface area contributed by atoms with E-state index in [4.69, 9.17) is 4.98 Å². The zero-order valence-corrected chi connectivity index (χ0v) is 29.9. The number of fused-ring (bicyclic) bond motifs is 12. The Bertz CT molecular complexity index is 3540. The number of rotatable bonds is 3. The molecule has 0 saturated carbocycles. The van der Waals surface area contributed by atoms with Gasteiger partial charge in [0.25, 0.3) is 0 Å². The molecule has 0 radical (unpaired) electrons. The van der Waals surface area contributed by atoms with Gasteiger partial charge in [-0.2, -0.15) is 0 Å². The Morgan fingerprint density at radius 2 is 0.836 bits per heavy atom. The van der Waals surface area contributed by atoms with Crippen LogP contribution in [-0.2, 0) is 0 Å². The van der Waals surface area contributed by atoms with E-state index in [1.54, 1.807) is 0 Å². The molecule has 254 valence electrons. The van der Waals surface area contributed by atoms with E-state index in [9.17, 15) is 0 Å². The molecule has 12 aromatic rings. The van der Waals surface area contributed by atoms with Crippen LogP contribution < -0.4 is 0 Å². The van der Waals surface area contributed by atoms with Crippen molar-refractivity contribution in [2.45, 2.75) is 0 Å². The minimum Gasteiger partial charge on any atom is -0.292 e. The maximum absolute atomic E-state index is 5.11. The van der Waals surface area contributed by atoms with Crippen molar-refractivity contribution < 1.29 is 0 Å². The van der Waals surface area contributed by atoms with Crippen LogP contribution in [0.25, 0.3) is 115 Å². The van der Waals surface area contributed by atoms with Crippen molar-refractivity contribution in [3.63, 3.8) is 0 Å². The van der Waals surface area contributed by atoms with Crippen LogP contribution in [-0.4, -0.2) is 9.38 Å². The Morgan fingerprint density at radius 1 is 0.291 bits per heavy atom. The lowest BCUT2D eigenvalue weighted by molar-refractivity contribution is 1.31. The van der Waals surface area contributed by atoms with Gasteiger partial charge in [0.15, 0.2) is 0 Å². The second kappa shape index (κ2) is 11.6. The van der Waals surface area contributed by atoms with Gasteiger partial charge in [0.2, 0.25) is 0 Å². The van der Waals surface area contributed by atoms with E-state index in [2.05, 4.69) is 199 Å². The standard InChI is InChI=1S/C53H32N2/c1-2-12-33(13-3-1)51-41-16-6-4-14-38(41)32-47-46(51)31-39-15-5-7-17-42(39)52(47)40-25-24-34-28-35(22-23-36(34)29-40)37-26-27-44-45(30-37)43-18-8-10-20-49(43)55-50-21-11-9-19-48(50)54-53(44)55/h1-32H. The van der Waals surface area contributed by atoms with Gasteiger partial charge in [0.1, 0.15) is 5.65 Å². The van der Waals surface area contributed by atoms with Gasteiger partial charge >= 0.3 is 0 Å². The van der Waals surface area contributed by atoms with E-state index in [1.807, 2.05) is 0 Å². The van der Waals surface area contributed by atoms with E-state index in [0.29, 0.717) is 0 Å². The van der Waals surface area contributed by atoms with E-state index in [0.717, 1.165) is 22.1 Å². The lowest BCUT2D eigenvalue weighted by atomic mass is 9.85. The highest BCUT2D eigenvalue weighted by atomic mass is 15.0. The number of pyridine rings is 1. The molecule has 2 heteroatoms. The van der Waals surface area contributed by atoms with Gasteiger partial charge < -0.3 is 0 Å². The first-order valence-electron chi connectivity index (χ1n) is 19.0. The molecule has 2 aromatic heterocycles. The van der Waals surface area contributed by atoms with Gasteiger partial charge in [0.05, 0.1) is 16.6 Å². The molecule has 0 bridgehead atoms. The summed E-state index contributed by atoms with van der Waals surface area (Å²) in [5.41, 5.74) is 11.8. The molecule has 0 atom stereocenters. The number of benzene rings is 10. The van der Waals surface area contributed by atoms with Crippen molar-refractivity contribution in [3.05, 3.63) is 194 Å². The average Bonchev–Trinajstić information content (AvgIpc) is 3.65. The minimum atomic E-state index is 0.998. The van der Waals surface area contributed by atoms with Crippen molar-refractivity contribution in [3.8, 4) is 33.4 Å². The SMILES string of the molecule is c1ccc(-c2c3ccccc3cc3c(-c4ccc5cc(-c6ccc7c(c6)c6ccccc6n6c8ccccc8nc76)ccc5c4)c4ccccc4cc23)cc1. The van der Waals surface area contributed by atoms with Crippen molar-refractivity contribution in [1.82, 2.24) is 9.38 Å². The number of nitrogens with zero attached hydrogens (tertiary/aromatic N) is 2. The van der Waals surface area contributed by atoms with E-state index < -0.39 is 0 Å². The third-order valence-corrected chi connectivity index (χ3v) is 11.7.